The lowest BCUT2D eigenvalue weighted by molar-refractivity contribution is 0.951. The van der Waals surface area contributed by atoms with Crippen LogP contribution >= 0.6 is 20.1 Å². The molecule has 14 aromatic carbocycles. The molecule has 446 valence electrons. The van der Waals surface area contributed by atoms with Crippen LogP contribution in [0.15, 0.2) is 415 Å². The zero-order valence-electron chi connectivity index (χ0n) is 51.4. The van der Waals surface area contributed by atoms with Crippen molar-refractivity contribution in [2.24, 2.45) is 0 Å². The van der Waals surface area contributed by atoms with Crippen LogP contribution < -0.4 is 0 Å². The molecule has 17 rings (SSSR count). The Morgan fingerprint density at radius 1 is 0.191 bits per heavy atom. The first-order chi connectivity index (χ1) is 46.6. The first-order valence-corrected chi connectivity index (χ1v) is 35.2. The first kappa shape index (κ1) is 56.4. The molecule has 3 heterocycles. The smallest absolute Gasteiger partial charge is 0.237 e. The Balaban J connectivity index is 1.05. The molecule has 0 bridgehead atoms. The number of benzene rings is 14. The second-order valence-corrected chi connectivity index (χ2v) is 29.9. The highest BCUT2D eigenvalue weighted by Crippen LogP contribution is 2.78. The second kappa shape index (κ2) is 23.9. The van der Waals surface area contributed by atoms with Crippen molar-refractivity contribution in [3.05, 3.63) is 376 Å². The van der Waals surface area contributed by atoms with E-state index in [0.717, 1.165) is 94.1 Å². The van der Waals surface area contributed by atoms with Gasteiger partial charge < -0.3 is 0 Å². The third-order valence-corrected chi connectivity index (χ3v) is 26.1. The van der Waals surface area contributed by atoms with E-state index in [-0.39, 0.29) is 0 Å². The third kappa shape index (κ3) is 9.57. The molecule has 0 amide bonds. The number of hydrogen-bond acceptors (Lipinski definition) is 2. The summed E-state index contributed by atoms with van der Waals surface area (Å²) in [5, 5.41) is 4.56. The molecule has 0 aliphatic rings. The van der Waals surface area contributed by atoms with Crippen molar-refractivity contribution in [1.29, 1.82) is 0 Å². The summed E-state index contributed by atoms with van der Waals surface area (Å²) in [7, 11) is -4.88. The molecular formula is C88H62N4S2. The van der Waals surface area contributed by atoms with Crippen molar-refractivity contribution < 1.29 is 0 Å². The average Bonchev–Trinajstić information content (AvgIpc) is 0.930. The first-order valence-electron chi connectivity index (χ1n) is 31.9. The maximum absolute atomic E-state index is 6.04. The van der Waals surface area contributed by atoms with Crippen molar-refractivity contribution in [2.75, 3.05) is 0 Å². The van der Waals surface area contributed by atoms with Gasteiger partial charge >= 0.3 is 0 Å². The lowest BCUT2D eigenvalue weighted by atomic mass is 10.0. The zero-order chi connectivity index (χ0) is 62.4. The number of nitrogens with zero attached hydrogens (tertiary/aromatic N) is 4. The SMILES string of the molecule is c1ccc(-c2cccc(S(c3ccccc3)(c3ccccc3)c3cc(-c4cc(-n5c6ccccc6c6ccccc65)nc(-n5c6ccccc6c6cc(-c7ccccc7)ccc65)n4)cc(S(c4ccccc4)(c4ccccc4)c4cccc(-c5ccccc5)c4)c3)c2)cc1. The molecule has 0 unspecified atom stereocenters. The lowest BCUT2D eigenvalue weighted by Gasteiger charge is -2.45. The largest absolute Gasteiger partial charge is 0.294 e. The van der Waals surface area contributed by atoms with Crippen LogP contribution in [0.2, 0.25) is 0 Å². The Kier molecular flexibility index (Phi) is 14.4. The molecule has 17 aromatic rings. The van der Waals surface area contributed by atoms with Crippen molar-refractivity contribution in [1.82, 2.24) is 19.1 Å². The minimum Gasteiger partial charge on any atom is -0.294 e. The van der Waals surface area contributed by atoms with Crippen LogP contribution in [0.4, 0.5) is 0 Å². The quantitative estimate of drug-likeness (QED) is 0.109. The third-order valence-electron chi connectivity index (χ3n) is 18.3. The van der Waals surface area contributed by atoms with E-state index in [9.17, 15) is 0 Å². The van der Waals surface area contributed by atoms with E-state index >= 15 is 0 Å². The molecule has 0 atom stereocenters. The topological polar surface area (TPSA) is 35.6 Å². The molecule has 0 spiro atoms. The summed E-state index contributed by atoms with van der Waals surface area (Å²) in [5.41, 5.74) is 12.9. The van der Waals surface area contributed by atoms with E-state index < -0.39 is 20.1 Å². The predicted molar refractivity (Wildman–Crippen MR) is 392 cm³/mol. The zero-order valence-corrected chi connectivity index (χ0v) is 53.0. The van der Waals surface area contributed by atoms with Crippen LogP contribution in [0, 0.1) is 0 Å². The van der Waals surface area contributed by atoms with Gasteiger partial charge in [-0.25, -0.2) is 4.98 Å². The van der Waals surface area contributed by atoms with E-state index in [1.165, 1.54) is 39.2 Å². The fraction of sp³-hybridized carbons (Fsp3) is 0. The van der Waals surface area contributed by atoms with Crippen molar-refractivity contribution in [2.45, 2.75) is 39.2 Å². The number of fused-ring (bicyclic) bond motifs is 6. The van der Waals surface area contributed by atoms with Crippen molar-refractivity contribution >= 4 is 63.7 Å². The summed E-state index contributed by atoms with van der Waals surface area (Å²) in [6, 6.07) is 139. The summed E-state index contributed by atoms with van der Waals surface area (Å²) >= 11 is 0. The normalized spacial score (nSPS) is 12.2. The molecule has 4 nitrogen and oxygen atoms in total. The Morgan fingerprint density at radius 3 is 0.936 bits per heavy atom. The van der Waals surface area contributed by atoms with E-state index in [2.05, 4.69) is 385 Å². The molecule has 0 N–H and O–H groups in total. The Bertz CT molecular complexity index is 5280. The highest BCUT2D eigenvalue weighted by Gasteiger charge is 2.39. The van der Waals surface area contributed by atoms with E-state index in [1.807, 2.05) is 0 Å². The van der Waals surface area contributed by atoms with Gasteiger partial charge in [-0.1, -0.05) is 249 Å². The molecule has 0 saturated heterocycles. The fourth-order valence-corrected chi connectivity index (χ4v) is 22.1. The molecule has 3 aromatic heterocycles. The van der Waals surface area contributed by atoms with Gasteiger partial charge in [-0.15, -0.1) is 20.1 Å². The van der Waals surface area contributed by atoms with Gasteiger partial charge in [0.1, 0.15) is 5.82 Å². The molecule has 0 aliphatic heterocycles. The van der Waals surface area contributed by atoms with Crippen LogP contribution in [0.5, 0.6) is 0 Å². The lowest BCUT2D eigenvalue weighted by Crippen LogP contribution is -2.10. The van der Waals surface area contributed by atoms with Gasteiger partial charge in [0.05, 0.1) is 27.8 Å². The van der Waals surface area contributed by atoms with Gasteiger partial charge in [0.15, 0.2) is 0 Å². The fourth-order valence-electron chi connectivity index (χ4n) is 14.2. The molecule has 0 aliphatic carbocycles. The van der Waals surface area contributed by atoms with E-state index in [0.29, 0.717) is 5.95 Å². The summed E-state index contributed by atoms with van der Waals surface area (Å²) in [5.74, 6) is 1.33. The second-order valence-electron chi connectivity index (χ2n) is 23.7. The summed E-state index contributed by atoms with van der Waals surface area (Å²) < 4.78 is 4.64. The van der Waals surface area contributed by atoms with Crippen LogP contribution in [0.3, 0.4) is 0 Å². The van der Waals surface area contributed by atoms with Gasteiger partial charge in [0.25, 0.3) is 0 Å². The average molecular weight is 1240 g/mol. The van der Waals surface area contributed by atoms with Gasteiger partial charge in [0.2, 0.25) is 5.95 Å². The number of hydrogen-bond donors (Lipinski definition) is 0. The van der Waals surface area contributed by atoms with Gasteiger partial charge in [-0.2, -0.15) is 4.98 Å². The molecule has 0 fully saturated rings. The molecular weight excluding hydrogens is 1180 g/mol. The molecule has 0 radical (unpaired) electrons. The molecule has 94 heavy (non-hydrogen) atoms. The summed E-state index contributed by atoms with van der Waals surface area (Å²) in [6.07, 6.45) is 0. The number of aromatic nitrogens is 4. The van der Waals surface area contributed by atoms with Gasteiger partial charge in [0, 0.05) is 72.3 Å². The van der Waals surface area contributed by atoms with Crippen molar-refractivity contribution in [3.63, 3.8) is 0 Å². The Hall–Kier alpha value is -11.5. The minimum atomic E-state index is -2.44. The van der Waals surface area contributed by atoms with Crippen LogP contribution in [0.25, 0.3) is 100 Å². The summed E-state index contributed by atoms with van der Waals surface area (Å²) in [6.45, 7) is 0. The van der Waals surface area contributed by atoms with E-state index in [1.54, 1.807) is 0 Å². The minimum absolute atomic E-state index is 0.570. The van der Waals surface area contributed by atoms with Crippen LogP contribution in [0.1, 0.15) is 0 Å². The summed E-state index contributed by atoms with van der Waals surface area (Å²) in [4.78, 5) is 21.6. The molecule has 6 heteroatoms. The maximum atomic E-state index is 6.04. The number of rotatable bonds is 14. The Labute approximate surface area is 550 Å². The van der Waals surface area contributed by atoms with Gasteiger partial charge in [-0.3, -0.25) is 9.13 Å². The molecule has 0 saturated carbocycles. The monoisotopic (exact) mass is 1240 g/mol. The van der Waals surface area contributed by atoms with Crippen LogP contribution in [-0.2, 0) is 0 Å². The van der Waals surface area contributed by atoms with Gasteiger partial charge in [-0.05, 0) is 155 Å². The van der Waals surface area contributed by atoms with E-state index in [4.69, 9.17) is 9.97 Å². The standard InChI is InChI=1S/C88H62N4S2/c1-8-30-63(31-9-1)66-36-28-46-74(56-66)93(70-38-14-4-15-39-70,71-40-16-5-17-41-71)76-58-69(59-77(61-76)94(72-42-18-6-19-43-72,73-44-20-7-21-45-73)75-47-29-37-67(57-75)64-32-10-2-11-33-64)82-62-87(91-83-51-25-22-48-78(83)79-49-23-26-52-84(79)91)90-88(89-82)92-85-53-27-24-50-80(85)81-60-68(54-55-86(81)92)65-34-12-3-13-35-65/h1-62H. The highest BCUT2D eigenvalue weighted by atomic mass is 32.3. The Morgan fingerprint density at radius 2 is 0.511 bits per heavy atom. The number of para-hydroxylation sites is 3. The maximum Gasteiger partial charge on any atom is 0.237 e. The van der Waals surface area contributed by atoms with Crippen molar-refractivity contribution in [3.8, 4) is 56.4 Å². The highest BCUT2D eigenvalue weighted by molar-refractivity contribution is 8.34. The predicted octanol–water partition coefficient (Wildman–Crippen LogP) is 24.0. The van der Waals surface area contributed by atoms with Crippen LogP contribution in [-0.4, -0.2) is 19.1 Å².